The van der Waals surface area contributed by atoms with Crippen LogP contribution in [0.1, 0.15) is 0 Å². The van der Waals surface area contributed by atoms with Crippen LogP contribution in [0.4, 0.5) is 4.39 Å². The summed E-state index contributed by atoms with van der Waals surface area (Å²) in [6, 6.07) is 13.8. The number of fused-ring (bicyclic) bond motifs is 3. The second-order valence-corrected chi connectivity index (χ2v) is 6.36. The summed E-state index contributed by atoms with van der Waals surface area (Å²) < 4.78 is 20.6. The van der Waals surface area contributed by atoms with Gasteiger partial charge in [-0.25, -0.2) is 4.39 Å². The SMILES string of the molecule is Oc1c(-c2cccc(Cl)c2F)cc2oc3ccccc3c2c1Br. The summed E-state index contributed by atoms with van der Waals surface area (Å²) in [6.45, 7) is 0. The number of para-hydroxylation sites is 1. The van der Waals surface area contributed by atoms with Crippen LogP contribution in [0.3, 0.4) is 0 Å². The molecule has 1 heterocycles. The van der Waals surface area contributed by atoms with Gasteiger partial charge in [0.1, 0.15) is 22.7 Å². The van der Waals surface area contributed by atoms with E-state index in [2.05, 4.69) is 15.9 Å². The van der Waals surface area contributed by atoms with Crippen molar-refractivity contribution in [3.63, 3.8) is 0 Å². The normalized spacial score (nSPS) is 11.4. The summed E-state index contributed by atoms with van der Waals surface area (Å²) >= 11 is 9.25. The minimum atomic E-state index is -0.577. The summed E-state index contributed by atoms with van der Waals surface area (Å²) in [7, 11) is 0. The summed E-state index contributed by atoms with van der Waals surface area (Å²) in [6.07, 6.45) is 0. The maximum atomic E-state index is 14.3. The number of hydrogen-bond acceptors (Lipinski definition) is 2. The van der Waals surface area contributed by atoms with E-state index in [1.54, 1.807) is 18.2 Å². The van der Waals surface area contributed by atoms with Gasteiger partial charge in [-0.3, -0.25) is 0 Å². The van der Waals surface area contributed by atoms with Crippen molar-refractivity contribution in [2.24, 2.45) is 0 Å². The first kappa shape index (κ1) is 14.5. The predicted molar refractivity (Wildman–Crippen MR) is 93.5 cm³/mol. The highest BCUT2D eigenvalue weighted by Gasteiger charge is 2.20. The molecule has 0 atom stereocenters. The van der Waals surface area contributed by atoms with E-state index in [0.29, 0.717) is 21.2 Å². The standard InChI is InChI=1S/C18H9BrClFO2/c19-16-15-10-4-1-2-7-13(10)23-14(15)8-11(18(16)22)9-5-3-6-12(20)17(9)21/h1-8,22H. The van der Waals surface area contributed by atoms with Crippen LogP contribution in [0.2, 0.25) is 5.02 Å². The molecule has 0 bridgehead atoms. The first-order valence-corrected chi connectivity index (χ1v) is 8.02. The van der Waals surface area contributed by atoms with Crippen molar-refractivity contribution in [2.45, 2.75) is 0 Å². The zero-order chi connectivity index (χ0) is 16.1. The lowest BCUT2D eigenvalue weighted by Gasteiger charge is -2.09. The van der Waals surface area contributed by atoms with Crippen LogP contribution in [-0.2, 0) is 0 Å². The van der Waals surface area contributed by atoms with Gasteiger partial charge in [0.25, 0.3) is 0 Å². The minimum absolute atomic E-state index is 0.00252. The molecule has 0 amide bonds. The fourth-order valence-corrected chi connectivity index (χ4v) is 3.54. The van der Waals surface area contributed by atoms with E-state index in [4.69, 9.17) is 16.0 Å². The number of phenolic OH excluding ortho intramolecular Hbond substituents is 1. The Kier molecular flexibility index (Phi) is 3.32. The third-order valence-electron chi connectivity index (χ3n) is 3.82. The van der Waals surface area contributed by atoms with Gasteiger partial charge in [0.05, 0.1) is 9.50 Å². The van der Waals surface area contributed by atoms with Crippen LogP contribution in [0.5, 0.6) is 5.75 Å². The fraction of sp³-hybridized carbons (Fsp3) is 0. The molecular weight excluding hydrogens is 383 g/mol. The Morgan fingerprint density at radius 3 is 2.61 bits per heavy atom. The van der Waals surface area contributed by atoms with E-state index in [1.165, 1.54) is 6.07 Å². The van der Waals surface area contributed by atoms with Crippen LogP contribution in [-0.4, -0.2) is 5.11 Å². The summed E-state index contributed by atoms with van der Waals surface area (Å²) in [4.78, 5) is 0. The molecule has 1 N–H and O–H groups in total. The fourth-order valence-electron chi connectivity index (χ4n) is 2.75. The molecule has 0 radical (unpaired) electrons. The Morgan fingerprint density at radius 1 is 1.00 bits per heavy atom. The third kappa shape index (κ3) is 2.13. The Hall–Kier alpha value is -2.04. The van der Waals surface area contributed by atoms with Crippen molar-refractivity contribution in [3.05, 3.63) is 63.8 Å². The molecule has 0 saturated heterocycles. The number of furan rings is 1. The van der Waals surface area contributed by atoms with E-state index < -0.39 is 5.82 Å². The highest BCUT2D eigenvalue weighted by molar-refractivity contribution is 9.10. The summed E-state index contributed by atoms with van der Waals surface area (Å²) in [5, 5.41) is 12.2. The topological polar surface area (TPSA) is 33.4 Å². The van der Waals surface area contributed by atoms with Gasteiger partial charge in [-0.1, -0.05) is 41.9 Å². The summed E-state index contributed by atoms with van der Waals surface area (Å²) in [5.41, 5.74) is 1.80. The van der Waals surface area contributed by atoms with Crippen LogP contribution >= 0.6 is 27.5 Å². The van der Waals surface area contributed by atoms with Crippen molar-refractivity contribution in [1.82, 2.24) is 0 Å². The monoisotopic (exact) mass is 390 g/mol. The lowest BCUT2D eigenvalue weighted by atomic mass is 10.0. The highest BCUT2D eigenvalue weighted by Crippen LogP contribution is 2.45. The molecule has 1 aromatic heterocycles. The number of phenols is 1. The first-order valence-electron chi connectivity index (χ1n) is 6.85. The Labute approximate surface area is 144 Å². The third-order valence-corrected chi connectivity index (χ3v) is 4.89. The maximum Gasteiger partial charge on any atom is 0.149 e. The average Bonchev–Trinajstić information content (AvgIpc) is 2.92. The van der Waals surface area contributed by atoms with Gasteiger partial charge in [0.2, 0.25) is 0 Å². The van der Waals surface area contributed by atoms with E-state index in [0.717, 1.165) is 10.8 Å². The van der Waals surface area contributed by atoms with Crippen molar-refractivity contribution in [2.75, 3.05) is 0 Å². The van der Waals surface area contributed by atoms with E-state index in [1.807, 2.05) is 24.3 Å². The van der Waals surface area contributed by atoms with Crippen molar-refractivity contribution in [1.29, 1.82) is 0 Å². The highest BCUT2D eigenvalue weighted by atomic mass is 79.9. The molecule has 3 aromatic carbocycles. The molecule has 0 unspecified atom stereocenters. The quantitative estimate of drug-likeness (QED) is 0.401. The Bertz CT molecular complexity index is 1070. The predicted octanol–water partition coefficient (Wildman–Crippen LogP) is 6.51. The van der Waals surface area contributed by atoms with Gasteiger partial charge in [0, 0.05) is 21.9 Å². The molecule has 0 aliphatic heterocycles. The van der Waals surface area contributed by atoms with Crippen LogP contribution in [0, 0.1) is 5.82 Å². The van der Waals surface area contributed by atoms with Crippen LogP contribution in [0.15, 0.2) is 57.4 Å². The maximum absolute atomic E-state index is 14.3. The minimum Gasteiger partial charge on any atom is -0.506 e. The molecule has 4 rings (SSSR count). The molecule has 0 spiro atoms. The molecular formula is C18H9BrClFO2. The largest absolute Gasteiger partial charge is 0.506 e. The molecule has 5 heteroatoms. The average molecular weight is 392 g/mol. The zero-order valence-electron chi connectivity index (χ0n) is 11.6. The summed E-state index contributed by atoms with van der Waals surface area (Å²) in [5.74, 6) is -0.628. The molecule has 23 heavy (non-hydrogen) atoms. The number of hydrogen-bond donors (Lipinski definition) is 1. The molecule has 0 saturated carbocycles. The Balaban J connectivity index is 2.11. The van der Waals surface area contributed by atoms with Gasteiger partial charge in [-0.05, 0) is 34.1 Å². The van der Waals surface area contributed by atoms with E-state index in [-0.39, 0.29) is 16.3 Å². The molecule has 0 aliphatic carbocycles. The van der Waals surface area contributed by atoms with Gasteiger partial charge < -0.3 is 9.52 Å². The number of rotatable bonds is 1. The van der Waals surface area contributed by atoms with Gasteiger partial charge in [0.15, 0.2) is 0 Å². The number of halogens is 3. The first-order chi connectivity index (χ1) is 11.1. The van der Waals surface area contributed by atoms with E-state index >= 15 is 0 Å². The second kappa shape index (κ2) is 5.25. The van der Waals surface area contributed by atoms with Crippen molar-refractivity contribution >= 4 is 49.5 Å². The van der Waals surface area contributed by atoms with Crippen LogP contribution in [0.25, 0.3) is 33.1 Å². The van der Waals surface area contributed by atoms with Gasteiger partial charge in [-0.2, -0.15) is 0 Å². The molecule has 114 valence electrons. The molecule has 4 aromatic rings. The second-order valence-electron chi connectivity index (χ2n) is 5.16. The lowest BCUT2D eigenvalue weighted by Crippen LogP contribution is -1.87. The van der Waals surface area contributed by atoms with Gasteiger partial charge in [-0.15, -0.1) is 0 Å². The Morgan fingerprint density at radius 2 is 1.78 bits per heavy atom. The van der Waals surface area contributed by atoms with Crippen molar-refractivity contribution < 1.29 is 13.9 Å². The smallest absolute Gasteiger partial charge is 0.149 e. The molecule has 2 nitrogen and oxygen atoms in total. The number of aromatic hydroxyl groups is 1. The van der Waals surface area contributed by atoms with E-state index in [9.17, 15) is 9.50 Å². The van der Waals surface area contributed by atoms with Crippen molar-refractivity contribution in [3.8, 4) is 16.9 Å². The van der Waals surface area contributed by atoms with Gasteiger partial charge >= 0.3 is 0 Å². The molecule has 0 aliphatic rings. The molecule has 0 fully saturated rings. The number of benzene rings is 3. The zero-order valence-corrected chi connectivity index (χ0v) is 14.0. The van der Waals surface area contributed by atoms with Crippen LogP contribution < -0.4 is 0 Å². The lowest BCUT2D eigenvalue weighted by molar-refractivity contribution is 0.474.